The molecule has 0 bridgehead atoms. The highest BCUT2D eigenvalue weighted by molar-refractivity contribution is 7.92. The number of rotatable bonds is 11. The van der Waals surface area contributed by atoms with Crippen LogP contribution in [-0.4, -0.2) is 45.9 Å². The first-order valence-electron chi connectivity index (χ1n) is 12.3. The zero-order valence-corrected chi connectivity index (χ0v) is 23.9. The Hall–Kier alpha value is -1.87. The first kappa shape index (κ1) is 26.2. The van der Waals surface area contributed by atoms with Crippen molar-refractivity contribution in [2.24, 2.45) is 5.92 Å². The maximum absolute atomic E-state index is 12.8. The van der Waals surface area contributed by atoms with E-state index in [0.717, 1.165) is 36.2 Å². The summed E-state index contributed by atoms with van der Waals surface area (Å²) in [5.74, 6) is 0.469. The number of anilines is 1. The molecule has 4 rings (SSSR count). The molecule has 1 heterocycles. The fourth-order valence-corrected chi connectivity index (χ4v) is 6.58. The van der Waals surface area contributed by atoms with Gasteiger partial charge in [-0.05, 0) is 61.1 Å². The minimum Gasteiger partial charge on any atom is -0.360 e. The summed E-state index contributed by atoms with van der Waals surface area (Å²) in [6, 6.07) is 14.8. The summed E-state index contributed by atoms with van der Waals surface area (Å²) >= 11 is 6.20. The van der Waals surface area contributed by atoms with Crippen LogP contribution < -0.4 is 4.31 Å². The fourth-order valence-electron chi connectivity index (χ4n) is 4.91. The maximum atomic E-state index is 12.8. The topological polar surface area (TPSA) is 64.4 Å². The summed E-state index contributed by atoms with van der Waals surface area (Å²) in [6.45, 7) is 9.57. The Morgan fingerprint density at radius 2 is 1.86 bits per heavy atom. The van der Waals surface area contributed by atoms with Crippen molar-refractivity contribution in [2.45, 2.75) is 57.4 Å². The van der Waals surface area contributed by atoms with Crippen LogP contribution in [0.5, 0.6) is 0 Å². The molecule has 0 amide bonds. The van der Waals surface area contributed by atoms with Gasteiger partial charge in [-0.15, -0.1) is 0 Å². The summed E-state index contributed by atoms with van der Waals surface area (Å²) in [5, 5.41) is 6.39. The van der Waals surface area contributed by atoms with Crippen molar-refractivity contribution in [2.75, 3.05) is 23.9 Å². The summed E-state index contributed by atoms with van der Waals surface area (Å²) < 4.78 is 35.0. The number of aromatic nitrogens is 2. The summed E-state index contributed by atoms with van der Waals surface area (Å²) in [4.78, 5) is 0. The molecule has 0 aliphatic heterocycles. The number of hydrogen-bond acceptors (Lipinski definition) is 4. The van der Waals surface area contributed by atoms with Crippen molar-refractivity contribution in [1.82, 2.24) is 9.78 Å². The molecule has 0 N–H and O–H groups in total. The minimum atomic E-state index is -3.55. The van der Waals surface area contributed by atoms with Gasteiger partial charge >= 0.3 is 0 Å². The summed E-state index contributed by atoms with van der Waals surface area (Å²) in [6.07, 6.45) is 6.17. The molecule has 1 atom stereocenters. The second-order valence-electron chi connectivity index (χ2n) is 10.8. The van der Waals surface area contributed by atoms with Gasteiger partial charge in [0.1, 0.15) is 6.73 Å². The molecule has 6 nitrogen and oxygen atoms in total. The van der Waals surface area contributed by atoms with Crippen LogP contribution in [0.2, 0.25) is 30.7 Å². The lowest BCUT2D eigenvalue weighted by Crippen LogP contribution is -2.37. The van der Waals surface area contributed by atoms with Crippen molar-refractivity contribution in [3.8, 4) is 0 Å². The zero-order valence-electron chi connectivity index (χ0n) is 21.3. The predicted molar refractivity (Wildman–Crippen MR) is 148 cm³/mol. The van der Waals surface area contributed by atoms with Gasteiger partial charge in [-0.2, -0.15) is 5.10 Å². The van der Waals surface area contributed by atoms with Gasteiger partial charge in [-0.1, -0.05) is 56.4 Å². The van der Waals surface area contributed by atoms with Crippen molar-refractivity contribution in [1.29, 1.82) is 0 Å². The van der Waals surface area contributed by atoms with Crippen LogP contribution in [-0.2, 0) is 20.3 Å². The molecule has 1 unspecified atom stereocenters. The predicted octanol–water partition coefficient (Wildman–Crippen LogP) is 6.33. The van der Waals surface area contributed by atoms with Crippen molar-refractivity contribution < 1.29 is 13.2 Å². The third-order valence-corrected chi connectivity index (χ3v) is 10.0. The van der Waals surface area contributed by atoms with Crippen molar-refractivity contribution in [3.63, 3.8) is 0 Å². The quantitative estimate of drug-likeness (QED) is 0.164. The van der Waals surface area contributed by atoms with E-state index < -0.39 is 18.1 Å². The molecule has 0 saturated heterocycles. The number of sulfonamides is 1. The van der Waals surface area contributed by atoms with E-state index in [2.05, 4.69) is 43.4 Å². The second-order valence-corrected chi connectivity index (χ2v) is 18.7. The molecule has 2 aromatic carbocycles. The van der Waals surface area contributed by atoms with Gasteiger partial charge in [0, 0.05) is 25.1 Å². The number of fused-ring (bicyclic) bond motifs is 1. The number of ether oxygens (including phenoxy) is 1. The van der Waals surface area contributed by atoms with Crippen LogP contribution >= 0.6 is 11.6 Å². The molecular weight excluding hydrogens is 498 g/mol. The first-order chi connectivity index (χ1) is 16.5. The standard InChI is InChI=1S/C26H36ClN3O3SSi/c1-6-26(20-10-11-20,21-12-14-22(27)15-13-21)30-25-9-7-8-24(23(25)18-28-30)29(34(2,31)32)19-33-16-17-35(3,4)5/h7-9,12-15,18,20H,6,10-11,16-17,19H2,1-5H3. The van der Waals surface area contributed by atoms with E-state index in [1.54, 1.807) is 6.20 Å². The number of benzene rings is 2. The molecule has 0 radical (unpaired) electrons. The van der Waals surface area contributed by atoms with Gasteiger partial charge in [-0.25, -0.2) is 12.7 Å². The highest BCUT2D eigenvalue weighted by Crippen LogP contribution is 2.51. The first-order valence-corrected chi connectivity index (χ1v) is 18.2. The van der Waals surface area contributed by atoms with E-state index in [4.69, 9.17) is 21.4 Å². The van der Waals surface area contributed by atoms with E-state index >= 15 is 0 Å². The van der Waals surface area contributed by atoms with Crippen LogP contribution in [0.25, 0.3) is 10.9 Å². The second kappa shape index (κ2) is 9.88. The molecule has 35 heavy (non-hydrogen) atoms. The molecule has 1 aliphatic rings. The van der Waals surface area contributed by atoms with Crippen molar-refractivity contribution >= 4 is 46.3 Å². The lowest BCUT2D eigenvalue weighted by Gasteiger charge is -2.35. The number of hydrogen-bond donors (Lipinski definition) is 0. The largest absolute Gasteiger partial charge is 0.360 e. The Kier molecular flexibility index (Phi) is 7.40. The normalized spacial score (nSPS) is 16.4. The average molecular weight is 534 g/mol. The van der Waals surface area contributed by atoms with E-state index in [1.165, 1.54) is 16.1 Å². The Morgan fingerprint density at radius 1 is 1.17 bits per heavy atom. The highest BCUT2D eigenvalue weighted by Gasteiger charge is 2.48. The van der Waals surface area contributed by atoms with E-state index in [0.29, 0.717) is 23.2 Å². The molecule has 1 aliphatic carbocycles. The lowest BCUT2D eigenvalue weighted by molar-refractivity contribution is 0.156. The Labute approximate surface area is 215 Å². The van der Waals surface area contributed by atoms with E-state index in [-0.39, 0.29) is 12.3 Å². The van der Waals surface area contributed by atoms with Crippen LogP contribution in [0.15, 0.2) is 48.7 Å². The minimum absolute atomic E-state index is 0.00760. The highest BCUT2D eigenvalue weighted by atomic mass is 35.5. The van der Waals surface area contributed by atoms with E-state index in [9.17, 15) is 8.42 Å². The SMILES string of the molecule is CCC(c1ccc(Cl)cc1)(C1CC1)n1ncc2c(N(COCC[Si](C)(C)C)S(C)(=O)=O)cccc21. The Bertz CT molecular complexity index is 1280. The fraction of sp³-hybridized carbons (Fsp3) is 0.500. The van der Waals surface area contributed by atoms with Gasteiger partial charge in [-0.3, -0.25) is 4.68 Å². The van der Waals surface area contributed by atoms with Gasteiger partial charge in [0.05, 0.1) is 29.2 Å². The average Bonchev–Trinajstić information content (AvgIpc) is 3.54. The van der Waals surface area contributed by atoms with Crippen LogP contribution in [0, 0.1) is 5.92 Å². The molecular formula is C26H36ClN3O3SSi. The molecule has 0 spiro atoms. The molecule has 190 valence electrons. The summed E-state index contributed by atoms with van der Waals surface area (Å²) in [7, 11) is -4.83. The van der Waals surface area contributed by atoms with Crippen LogP contribution in [0.1, 0.15) is 31.7 Å². The molecule has 1 saturated carbocycles. The Balaban J connectivity index is 1.77. The maximum Gasteiger partial charge on any atom is 0.234 e. The molecule has 9 heteroatoms. The van der Waals surface area contributed by atoms with Crippen LogP contribution in [0.4, 0.5) is 5.69 Å². The monoisotopic (exact) mass is 533 g/mol. The third-order valence-electron chi connectivity index (χ3n) is 6.98. The Morgan fingerprint density at radius 3 is 2.43 bits per heavy atom. The third kappa shape index (κ3) is 5.45. The molecule has 3 aromatic rings. The van der Waals surface area contributed by atoms with Crippen molar-refractivity contribution in [3.05, 3.63) is 59.2 Å². The smallest absolute Gasteiger partial charge is 0.234 e. The summed E-state index contributed by atoms with van der Waals surface area (Å²) in [5.41, 5.74) is 2.38. The zero-order chi connectivity index (χ0) is 25.4. The lowest BCUT2D eigenvalue weighted by atomic mass is 9.82. The van der Waals surface area contributed by atoms with Crippen LogP contribution in [0.3, 0.4) is 0 Å². The molecule has 1 fully saturated rings. The van der Waals surface area contributed by atoms with Gasteiger partial charge in [0.15, 0.2) is 0 Å². The van der Waals surface area contributed by atoms with Gasteiger partial charge in [0.2, 0.25) is 10.0 Å². The number of nitrogens with zero attached hydrogens (tertiary/aromatic N) is 3. The molecule has 1 aromatic heterocycles. The van der Waals surface area contributed by atoms with Gasteiger partial charge < -0.3 is 4.74 Å². The van der Waals surface area contributed by atoms with Gasteiger partial charge in [0.25, 0.3) is 0 Å². The number of halogens is 1. The van der Waals surface area contributed by atoms with E-state index in [1.807, 2.05) is 30.3 Å².